The maximum absolute atomic E-state index is 13.5. The Morgan fingerprint density at radius 2 is 1.81 bits per heavy atom. The average molecular weight is 661 g/mol. The van der Waals surface area contributed by atoms with E-state index in [-0.39, 0.29) is 41.4 Å². The minimum Gasteiger partial charge on any atom is -0.325 e. The SMILES string of the molecule is O=C(CSc1nc2ccccc2n1C(=O)CCN1C(=O)/C(=C/c2ccc(Cl)cc2)SC1=S)Nc1cccc(C(F)(F)F)c1. The molecule has 0 unspecified atom stereocenters. The third-order valence-corrected chi connectivity index (χ3v) is 8.74. The molecule has 0 saturated carbocycles. The molecule has 1 aliphatic rings. The number of imidazole rings is 1. The van der Waals surface area contributed by atoms with Crippen molar-refractivity contribution in [1.29, 1.82) is 0 Å². The number of hydrogen-bond donors (Lipinski definition) is 1. The normalized spacial score (nSPS) is 14.6. The second kappa shape index (κ2) is 12.9. The van der Waals surface area contributed by atoms with Gasteiger partial charge in [0, 0.05) is 23.7 Å². The van der Waals surface area contributed by atoms with Crippen molar-refractivity contribution in [3.63, 3.8) is 0 Å². The van der Waals surface area contributed by atoms with E-state index in [1.165, 1.54) is 21.6 Å². The molecule has 3 aromatic carbocycles. The molecule has 0 atom stereocenters. The van der Waals surface area contributed by atoms with Crippen LogP contribution in [0.5, 0.6) is 0 Å². The van der Waals surface area contributed by atoms with Crippen molar-refractivity contribution in [2.45, 2.75) is 17.8 Å². The lowest BCUT2D eigenvalue weighted by atomic mass is 10.2. The fraction of sp³-hybridized carbons (Fsp3) is 0.138. The zero-order valence-electron chi connectivity index (χ0n) is 21.9. The summed E-state index contributed by atoms with van der Waals surface area (Å²) in [5.74, 6) is -1.46. The van der Waals surface area contributed by atoms with E-state index in [4.69, 9.17) is 23.8 Å². The molecule has 1 N–H and O–H groups in total. The van der Waals surface area contributed by atoms with E-state index < -0.39 is 17.6 Å². The summed E-state index contributed by atoms with van der Waals surface area (Å²) >= 11 is 13.5. The van der Waals surface area contributed by atoms with E-state index in [0.29, 0.717) is 25.3 Å². The first-order valence-electron chi connectivity index (χ1n) is 12.6. The van der Waals surface area contributed by atoms with E-state index in [1.54, 1.807) is 54.6 Å². The topological polar surface area (TPSA) is 84.3 Å². The largest absolute Gasteiger partial charge is 0.416 e. The predicted molar refractivity (Wildman–Crippen MR) is 167 cm³/mol. The number of carbonyl (C=O) groups is 3. The number of rotatable bonds is 8. The van der Waals surface area contributed by atoms with Crippen LogP contribution < -0.4 is 5.32 Å². The van der Waals surface area contributed by atoms with Crippen molar-refractivity contribution in [1.82, 2.24) is 14.5 Å². The molecule has 2 amide bonds. The van der Waals surface area contributed by atoms with E-state index in [9.17, 15) is 27.6 Å². The first-order valence-corrected chi connectivity index (χ1v) is 15.2. The van der Waals surface area contributed by atoms with Crippen LogP contribution in [0.4, 0.5) is 18.9 Å². The van der Waals surface area contributed by atoms with Crippen LogP contribution in [-0.2, 0) is 15.8 Å². The van der Waals surface area contributed by atoms with E-state index in [0.717, 1.165) is 41.2 Å². The molecule has 0 bridgehead atoms. The molecular weight excluding hydrogens is 641 g/mol. The summed E-state index contributed by atoms with van der Waals surface area (Å²) in [7, 11) is 0. The second-order valence-electron chi connectivity index (χ2n) is 9.16. The Hall–Kier alpha value is -3.65. The van der Waals surface area contributed by atoms with Gasteiger partial charge < -0.3 is 5.32 Å². The summed E-state index contributed by atoms with van der Waals surface area (Å²) in [4.78, 5) is 45.4. The summed E-state index contributed by atoms with van der Waals surface area (Å²) in [6.07, 6.45) is -2.91. The average Bonchev–Trinajstić information content (AvgIpc) is 3.47. The number of fused-ring (bicyclic) bond motifs is 1. The summed E-state index contributed by atoms with van der Waals surface area (Å²) in [6, 6.07) is 18.2. The Balaban J connectivity index is 1.27. The van der Waals surface area contributed by atoms with Crippen molar-refractivity contribution in [3.05, 3.63) is 93.9 Å². The molecule has 5 rings (SSSR count). The van der Waals surface area contributed by atoms with Gasteiger partial charge in [0.15, 0.2) is 5.16 Å². The summed E-state index contributed by atoms with van der Waals surface area (Å²) < 4.78 is 40.8. The Kier molecular flexibility index (Phi) is 9.25. The Morgan fingerprint density at radius 1 is 1.07 bits per heavy atom. The predicted octanol–water partition coefficient (Wildman–Crippen LogP) is 7.37. The molecule has 7 nitrogen and oxygen atoms in total. The number of benzene rings is 3. The summed E-state index contributed by atoms with van der Waals surface area (Å²) in [5.41, 5.74) is 0.935. The lowest BCUT2D eigenvalue weighted by Gasteiger charge is -2.15. The third-order valence-electron chi connectivity index (χ3n) is 6.18. The summed E-state index contributed by atoms with van der Waals surface area (Å²) in [6.45, 7) is 0.0358. The second-order valence-corrected chi connectivity index (χ2v) is 12.2. The lowest BCUT2D eigenvalue weighted by Crippen LogP contribution is -2.31. The number of anilines is 1. The number of thiocarbonyl (C=S) groups is 1. The highest BCUT2D eigenvalue weighted by molar-refractivity contribution is 8.26. The van der Waals surface area contributed by atoms with Gasteiger partial charge in [0.2, 0.25) is 11.8 Å². The quantitative estimate of drug-likeness (QED) is 0.120. The molecule has 4 aromatic rings. The number of alkyl halides is 3. The number of nitrogens with zero attached hydrogens (tertiary/aromatic N) is 3. The standard InChI is InChI=1S/C29H20ClF3N4O3S3/c30-19-10-8-17(9-11-19)14-23-26(40)36(28(41)43-23)13-12-25(39)37-22-7-2-1-6-21(22)35-27(37)42-16-24(38)34-20-5-3-4-18(15-20)29(31,32)33/h1-11,14-15H,12-13,16H2,(H,34,38)/b23-14-. The number of aromatic nitrogens is 2. The van der Waals surface area contributed by atoms with Gasteiger partial charge in [0.1, 0.15) is 4.32 Å². The molecule has 1 fully saturated rings. The molecule has 2 heterocycles. The van der Waals surface area contributed by atoms with Crippen LogP contribution in [0.25, 0.3) is 17.1 Å². The van der Waals surface area contributed by atoms with Crippen LogP contribution in [0, 0.1) is 0 Å². The molecule has 220 valence electrons. The number of amides is 2. The lowest BCUT2D eigenvalue weighted by molar-refractivity contribution is -0.137. The Morgan fingerprint density at radius 3 is 2.56 bits per heavy atom. The van der Waals surface area contributed by atoms with Gasteiger partial charge >= 0.3 is 6.18 Å². The molecular formula is C29H20ClF3N4O3S3. The highest BCUT2D eigenvalue weighted by Gasteiger charge is 2.33. The van der Waals surface area contributed by atoms with Crippen molar-refractivity contribution >= 4 is 92.2 Å². The molecule has 43 heavy (non-hydrogen) atoms. The summed E-state index contributed by atoms with van der Waals surface area (Å²) in [5, 5.41) is 3.26. The zero-order chi connectivity index (χ0) is 30.7. The van der Waals surface area contributed by atoms with Gasteiger partial charge in [-0.15, -0.1) is 0 Å². The van der Waals surface area contributed by atoms with E-state index >= 15 is 0 Å². The number of hydrogen-bond acceptors (Lipinski definition) is 7. The van der Waals surface area contributed by atoms with Gasteiger partial charge in [-0.2, -0.15) is 13.2 Å². The van der Waals surface area contributed by atoms with Crippen molar-refractivity contribution in [3.8, 4) is 0 Å². The number of carbonyl (C=O) groups excluding carboxylic acids is 3. The van der Waals surface area contributed by atoms with Crippen LogP contribution in [0.1, 0.15) is 22.3 Å². The van der Waals surface area contributed by atoms with Crippen LogP contribution in [0.15, 0.2) is 82.9 Å². The Labute approximate surface area is 262 Å². The van der Waals surface area contributed by atoms with Gasteiger partial charge in [-0.1, -0.05) is 77.7 Å². The number of thioether (sulfide) groups is 2. The molecule has 0 spiro atoms. The number of nitrogens with one attached hydrogen (secondary N) is 1. The highest BCUT2D eigenvalue weighted by Crippen LogP contribution is 2.34. The number of halogens is 4. The minimum absolute atomic E-state index is 0.00129. The highest BCUT2D eigenvalue weighted by atomic mass is 35.5. The molecule has 0 radical (unpaired) electrons. The van der Waals surface area contributed by atoms with E-state index in [2.05, 4.69) is 10.3 Å². The van der Waals surface area contributed by atoms with Crippen molar-refractivity contribution in [2.75, 3.05) is 17.6 Å². The fourth-order valence-electron chi connectivity index (χ4n) is 4.16. The van der Waals surface area contributed by atoms with Gasteiger partial charge in [-0.3, -0.25) is 23.9 Å². The van der Waals surface area contributed by atoms with Crippen LogP contribution in [-0.4, -0.2) is 48.8 Å². The van der Waals surface area contributed by atoms with Crippen molar-refractivity contribution < 1.29 is 27.6 Å². The van der Waals surface area contributed by atoms with Gasteiger partial charge in [-0.25, -0.2) is 4.98 Å². The van der Waals surface area contributed by atoms with E-state index in [1.807, 2.05) is 0 Å². The molecule has 1 aromatic heterocycles. The smallest absolute Gasteiger partial charge is 0.325 e. The van der Waals surface area contributed by atoms with Gasteiger partial charge in [-0.05, 0) is 54.1 Å². The maximum Gasteiger partial charge on any atom is 0.416 e. The van der Waals surface area contributed by atoms with Gasteiger partial charge in [0.05, 0.1) is 27.3 Å². The Bertz CT molecular complexity index is 1770. The monoisotopic (exact) mass is 660 g/mol. The maximum atomic E-state index is 13.5. The fourth-order valence-corrected chi connectivity index (χ4v) is 6.42. The first-order chi connectivity index (χ1) is 20.5. The number of para-hydroxylation sites is 2. The first kappa shape index (κ1) is 30.8. The molecule has 0 aliphatic carbocycles. The molecule has 1 aliphatic heterocycles. The van der Waals surface area contributed by atoms with Crippen LogP contribution in [0.3, 0.4) is 0 Å². The van der Waals surface area contributed by atoms with Crippen molar-refractivity contribution in [2.24, 2.45) is 0 Å². The molecule has 14 heteroatoms. The minimum atomic E-state index is -4.54. The molecule has 1 saturated heterocycles. The van der Waals surface area contributed by atoms with Crippen LogP contribution >= 0.6 is 47.3 Å². The zero-order valence-corrected chi connectivity index (χ0v) is 25.1. The van der Waals surface area contributed by atoms with Crippen LogP contribution in [0.2, 0.25) is 5.02 Å². The third kappa shape index (κ3) is 7.29. The van der Waals surface area contributed by atoms with Gasteiger partial charge in [0.25, 0.3) is 5.91 Å².